The number of methoxy groups -OCH3 is 1. The van der Waals surface area contributed by atoms with E-state index in [9.17, 15) is 18.0 Å². The first-order chi connectivity index (χ1) is 7.93. The van der Waals surface area contributed by atoms with E-state index >= 15 is 0 Å². The van der Waals surface area contributed by atoms with Crippen molar-refractivity contribution < 1.29 is 22.7 Å². The van der Waals surface area contributed by atoms with Crippen LogP contribution in [0.1, 0.15) is 19.3 Å². The van der Waals surface area contributed by atoms with E-state index in [1.165, 1.54) is 7.11 Å². The molecule has 1 aliphatic heterocycles. The molecule has 1 rings (SSSR count). The molecular weight excluding hydrogens is 246 g/mol. The number of sulfone groups is 1. The van der Waals surface area contributed by atoms with Gasteiger partial charge in [0.1, 0.15) is 0 Å². The van der Waals surface area contributed by atoms with Crippen molar-refractivity contribution in [3.8, 4) is 0 Å². The Morgan fingerprint density at radius 1 is 1.41 bits per heavy atom. The fourth-order valence-electron chi connectivity index (χ4n) is 1.77. The Morgan fingerprint density at radius 2 is 2.12 bits per heavy atom. The molecule has 1 fully saturated rings. The van der Waals surface area contributed by atoms with Crippen LogP contribution in [0.15, 0.2) is 0 Å². The molecule has 1 unspecified atom stereocenters. The van der Waals surface area contributed by atoms with Gasteiger partial charge in [0.25, 0.3) is 0 Å². The quantitative estimate of drug-likeness (QED) is 0.675. The molecule has 0 spiro atoms. The van der Waals surface area contributed by atoms with E-state index in [1.807, 2.05) is 0 Å². The van der Waals surface area contributed by atoms with E-state index in [4.69, 9.17) is 0 Å². The van der Waals surface area contributed by atoms with E-state index in [0.29, 0.717) is 6.42 Å². The van der Waals surface area contributed by atoms with Crippen molar-refractivity contribution in [2.24, 2.45) is 5.92 Å². The van der Waals surface area contributed by atoms with Crippen LogP contribution in [0.5, 0.6) is 0 Å². The lowest BCUT2D eigenvalue weighted by Crippen LogP contribution is -2.28. The second-order valence-electron chi connectivity index (χ2n) is 4.15. The van der Waals surface area contributed by atoms with Crippen LogP contribution in [0, 0.1) is 5.92 Å². The Kier molecular flexibility index (Phi) is 4.92. The second-order valence-corrected chi connectivity index (χ2v) is 6.38. The zero-order valence-electron chi connectivity index (χ0n) is 9.77. The van der Waals surface area contributed by atoms with Crippen molar-refractivity contribution >= 4 is 21.7 Å². The molecule has 0 radical (unpaired) electrons. The molecule has 0 aromatic carbocycles. The van der Waals surface area contributed by atoms with Gasteiger partial charge in [-0.2, -0.15) is 0 Å². The fourth-order valence-corrected chi connectivity index (χ4v) is 3.64. The van der Waals surface area contributed by atoms with Gasteiger partial charge in [-0.1, -0.05) is 0 Å². The maximum Gasteiger partial charge on any atom is 0.307 e. The first-order valence-corrected chi connectivity index (χ1v) is 7.29. The lowest BCUT2D eigenvalue weighted by Gasteiger charge is -2.07. The van der Waals surface area contributed by atoms with Crippen LogP contribution in [0.4, 0.5) is 0 Å². The number of carbonyl (C=O) groups is 2. The molecule has 7 heteroatoms. The Balaban J connectivity index is 2.20. The van der Waals surface area contributed by atoms with Gasteiger partial charge in [-0.3, -0.25) is 9.59 Å². The van der Waals surface area contributed by atoms with Gasteiger partial charge < -0.3 is 10.1 Å². The van der Waals surface area contributed by atoms with Crippen molar-refractivity contribution in [1.82, 2.24) is 5.32 Å². The van der Waals surface area contributed by atoms with Gasteiger partial charge in [0, 0.05) is 13.0 Å². The van der Waals surface area contributed by atoms with Crippen LogP contribution in [-0.2, 0) is 24.2 Å². The van der Waals surface area contributed by atoms with Gasteiger partial charge in [0.2, 0.25) is 5.91 Å². The minimum absolute atomic E-state index is 0.0851. The fraction of sp³-hybridized carbons (Fsp3) is 0.800. The predicted octanol–water partition coefficient (Wildman–Crippen LogP) is -0.509. The van der Waals surface area contributed by atoms with Gasteiger partial charge in [0.05, 0.1) is 25.0 Å². The summed E-state index contributed by atoms with van der Waals surface area (Å²) >= 11 is 0. The summed E-state index contributed by atoms with van der Waals surface area (Å²) < 4.78 is 26.8. The molecule has 1 heterocycles. The minimum atomic E-state index is -2.93. The van der Waals surface area contributed by atoms with Crippen molar-refractivity contribution in [1.29, 1.82) is 0 Å². The summed E-state index contributed by atoms with van der Waals surface area (Å²) in [6, 6.07) is 0. The topological polar surface area (TPSA) is 89.5 Å². The number of hydrogen-bond acceptors (Lipinski definition) is 5. The maximum atomic E-state index is 11.4. The first kappa shape index (κ1) is 14.0. The molecule has 0 aliphatic carbocycles. The first-order valence-electron chi connectivity index (χ1n) is 5.47. The van der Waals surface area contributed by atoms with Crippen LogP contribution in [0.3, 0.4) is 0 Å². The summed E-state index contributed by atoms with van der Waals surface area (Å²) in [6.07, 6.45) is 0.887. The maximum absolute atomic E-state index is 11.4. The molecule has 98 valence electrons. The Labute approximate surface area is 101 Å². The van der Waals surface area contributed by atoms with Crippen LogP contribution in [-0.4, -0.2) is 45.5 Å². The highest BCUT2D eigenvalue weighted by atomic mass is 32.2. The zero-order chi connectivity index (χ0) is 12.9. The van der Waals surface area contributed by atoms with E-state index in [2.05, 4.69) is 10.1 Å². The molecule has 1 saturated heterocycles. The van der Waals surface area contributed by atoms with E-state index in [0.717, 1.165) is 0 Å². The second kappa shape index (κ2) is 6.00. The van der Waals surface area contributed by atoms with E-state index in [1.54, 1.807) is 0 Å². The van der Waals surface area contributed by atoms with Gasteiger partial charge in [0.15, 0.2) is 9.84 Å². The molecular formula is C10H17NO5S. The minimum Gasteiger partial charge on any atom is -0.469 e. The number of nitrogens with one attached hydrogen (secondary N) is 1. The summed E-state index contributed by atoms with van der Waals surface area (Å²) in [5.74, 6) is -0.410. The molecule has 6 nitrogen and oxygen atoms in total. The lowest BCUT2D eigenvalue weighted by molar-refractivity contribution is -0.140. The number of amides is 1. The summed E-state index contributed by atoms with van der Waals surface area (Å²) in [5.41, 5.74) is 0. The SMILES string of the molecule is COC(=O)CCNC(=O)CC1CCS(=O)(=O)C1. The van der Waals surface area contributed by atoms with E-state index < -0.39 is 9.84 Å². The number of carbonyl (C=O) groups excluding carboxylic acids is 2. The monoisotopic (exact) mass is 263 g/mol. The Hall–Kier alpha value is -1.11. The third-order valence-electron chi connectivity index (χ3n) is 2.68. The van der Waals surface area contributed by atoms with Crippen molar-refractivity contribution in [2.45, 2.75) is 19.3 Å². The van der Waals surface area contributed by atoms with Crippen LogP contribution in [0.2, 0.25) is 0 Å². The van der Waals surface area contributed by atoms with E-state index in [-0.39, 0.29) is 48.7 Å². The number of rotatable bonds is 5. The lowest BCUT2D eigenvalue weighted by atomic mass is 10.1. The zero-order valence-corrected chi connectivity index (χ0v) is 10.6. The molecule has 17 heavy (non-hydrogen) atoms. The molecule has 0 bridgehead atoms. The van der Waals surface area contributed by atoms with Gasteiger partial charge in [-0.05, 0) is 12.3 Å². The predicted molar refractivity (Wildman–Crippen MR) is 61.0 cm³/mol. The molecule has 1 amide bonds. The van der Waals surface area contributed by atoms with Crippen LogP contribution < -0.4 is 5.32 Å². The number of hydrogen-bond donors (Lipinski definition) is 1. The number of esters is 1. The van der Waals surface area contributed by atoms with Gasteiger partial charge in [-0.25, -0.2) is 8.42 Å². The summed E-state index contributed by atoms with van der Waals surface area (Å²) in [6.45, 7) is 0.227. The number of ether oxygens (including phenoxy) is 1. The summed E-state index contributed by atoms with van der Waals surface area (Å²) in [5, 5.41) is 2.57. The average molecular weight is 263 g/mol. The highest BCUT2D eigenvalue weighted by Crippen LogP contribution is 2.21. The third kappa shape index (κ3) is 5.16. The molecule has 0 saturated carbocycles. The summed E-state index contributed by atoms with van der Waals surface area (Å²) in [7, 11) is -1.65. The smallest absolute Gasteiger partial charge is 0.307 e. The molecule has 1 atom stereocenters. The molecule has 1 aliphatic rings. The average Bonchev–Trinajstić information content (AvgIpc) is 2.57. The Bertz CT molecular complexity index is 390. The van der Waals surface area contributed by atoms with Crippen molar-refractivity contribution in [3.05, 3.63) is 0 Å². The van der Waals surface area contributed by atoms with Gasteiger partial charge in [-0.15, -0.1) is 0 Å². The van der Waals surface area contributed by atoms with Crippen molar-refractivity contribution in [2.75, 3.05) is 25.2 Å². The largest absolute Gasteiger partial charge is 0.469 e. The molecule has 0 aromatic rings. The standard InChI is InChI=1S/C10H17NO5S/c1-16-10(13)2-4-11-9(12)6-8-3-5-17(14,15)7-8/h8H,2-7H2,1H3,(H,11,12). The Morgan fingerprint density at radius 3 is 2.65 bits per heavy atom. The van der Waals surface area contributed by atoms with Crippen LogP contribution >= 0.6 is 0 Å². The highest BCUT2D eigenvalue weighted by Gasteiger charge is 2.29. The normalized spacial score (nSPS) is 22.1. The highest BCUT2D eigenvalue weighted by molar-refractivity contribution is 7.91. The van der Waals surface area contributed by atoms with Gasteiger partial charge >= 0.3 is 5.97 Å². The third-order valence-corrected chi connectivity index (χ3v) is 4.52. The van der Waals surface area contributed by atoms with Crippen molar-refractivity contribution in [3.63, 3.8) is 0 Å². The summed E-state index contributed by atoms with van der Waals surface area (Å²) in [4.78, 5) is 22.2. The molecule has 0 aromatic heterocycles. The molecule has 1 N–H and O–H groups in total. The van der Waals surface area contributed by atoms with Crippen LogP contribution in [0.25, 0.3) is 0 Å².